The fraction of sp³-hybridized carbons (Fsp3) is 0.308. The molecule has 3 amide bonds. The van der Waals surface area contributed by atoms with E-state index in [0.29, 0.717) is 0 Å². The van der Waals surface area contributed by atoms with Crippen molar-refractivity contribution in [2.75, 3.05) is 19.7 Å². The molecule has 0 aromatic heterocycles. The molecule has 7 heteroatoms. The van der Waals surface area contributed by atoms with Gasteiger partial charge < -0.3 is 14.8 Å². The van der Waals surface area contributed by atoms with Crippen molar-refractivity contribution in [1.82, 2.24) is 10.2 Å². The van der Waals surface area contributed by atoms with Crippen LogP contribution in [0.2, 0.25) is 0 Å². The van der Waals surface area contributed by atoms with Crippen molar-refractivity contribution in [3.8, 4) is 0 Å². The van der Waals surface area contributed by atoms with Gasteiger partial charge in [0.2, 0.25) is 0 Å². The highest BCUT2D eigenvalue weighted by molar-refractivity contribution is 5.95. The van der Waals surface area contributed by atoms with E-state index in [1.165, 1.54) is 0 Å². The van der Waals surface area contributed by atoms with Crippen molar-refractivity contribution < 1.29 is 23.9 Å². The molecule has 7 nitrogen and oxygen atoms in total. The van der Waals surface area contributed by atoms with Gasteiger partial charge in [-0.2, -0.15) is 0 Å². The van der Waals surface area contributed by atoms with Crippen LogP contribution in [0.4, 0.5) is 9.59 Å². The SMILES string of the molecule is O=C(NCC(=O)N1CCOC1=O)OCc1ccccc1. The Hall–Kier alpha value is -2.57. The number of rotatable bonds is 4. The zero-order valence-corrected chi connectivity index (χ0v) is 10.7. The van der Waals surface area contributed by atoms with Crippen molar-refractivity contribution in [2.45, 2.75) is 6.61 Å². The maximum absolute atomic E-state index is 11.6. The van der Waals surface area contributed by atoms with Gasteiger partial charge >= 0.3 is 12.2 Å². The Labute approximate surface area is 115 Å². The molecule has 106 valence electrons. The van der Waals surface area contributed by atoms with Gasteiger partial charge in [-0.3, -0.25) is 4.79 Å². The summed E-state index contributed by atoms with van der Waals surface area (Å²) in [5, 5.41) is 2.29. The summed E-state index contributed by atoms with van der Waals surface area (Å²) in [4.78, 5) is 35.0. The van der Waals surface area contributed by atoms with Gasteiger partial charge in [-0.1, -0.05) is 30.3 Å². The molecule has 1 N–H and O–H groups in total. The van der Waals surface area contributed by atoms with E-state index in [1.54, 1.807) is 0 Å². The second kappa shape index (κ2) is 6.55. The number of benzene rings is 1. The Bertz CT molecular complexity index is 503. The third kappa shape index (κ3) is 3.71. The quantitative estimate of drug-likeness (QED) is 0.884. The number of hydrogen-bond donors (Lipinski definition) is 1. The van der Waals surface area contributed by atoms with Crippen molar-refractivity contribution in [3.05, 3.63) is 35.9 Å². The molecule has 1 fully saturated rings. The Kier molecular flexibility index (Phi) is 4.54. The maximum Gasteiger partial charge on any atom is 0.416 e. The number of ether oxygens (including phenoxy) is 2. The summed E-state index contributed by atoms with van der Waals surface area (Å²) in [6.07, 6.45) is -1.40. The zero-order valence-electron chi connectivity index (χ0n) is 10.7. The van der Waals surface area contributed by atoms with E-state index < -0.39 is 18.1 Å². The van der Waals surface area contributed by atoms with Crippen LogP contribution in [0.25, 0.3) is 0 Å². The highest BCUT2D eigenvalue weighted by Gasteiger charge is 2.28. The number of alkyl carbamates (subject to hydrolysis) is 1. The number of hydrogen-bond acceptors (Lipinski definition) is 5. The van der Waals surface area contributed by atoms with Crippen LogP contribution in [0.3, 0.4) is 0 Å². The van der Waals surface area contributed by atoms with Crippen molar-refractivity contribution >= 4 is 18.1 Å². The lowest BCUT2D eigenvalue weighted by Gasteiger charge is -2.11. The third-order valence-corrected chi connectivity index (χ3v) is 2.66. The van der Waals surface area contributed by atoms with E-state index in [-0.39, 0.29) is 26.3 Å². The Balaban J connectivity index is 1.70. The molecular formula is C13H14N2O5. The lowest BCUT2D eigenvalue weighted by atomic mass is 10.2. The topological polar surface area (TPSA) is 84.9 Å². The second-order valence-electron chi connectivity index (χ2n) is 4.08. The minimum atomic E-state index is -0.713. The largest absolute Gasteiger partial charge is 0.447 e. The average molecular weight is 278 g/mol. The van der Waals surface area contributed by atoms with E-state index in [9.17, 15) is 14.4 Å². The average Bonchev–Trinajstić information content (AvgIpc) is 2.90. The molecule has 1 aliphatic rings. The van der Waals surface area contributed by atoms with Gasteiger partial charge in [-0.05, 0) is 5.56 Å². The molecule has 1 saturated heterocycles. The number of imide groups is 1. The lowest BCUT2D eigenvalue weighted by Crippen LogP contribution is -2.40. The van der Waals surface area contributed by atoms with Gasteiger partial charge in [0.05, 0.1) is 6.54 Å². The molecule has 2 rings (SSSR count). The summed E-state index contributed by atoms with van der Waals surface area (Å²) in [5.74, 6) is -0.524. The Morgan fingerprint density at radius 3 is 2.70 bits per heavy atom. The molecule has 20 heavy (non-hydrogen) atoms. The number of carbonyl (C=O) groups excluding carboxylic acids is 3. The van der Waals surface area contributed by atoms with Crippen LogP contribution >= 0.6 is 0 Å². The van der Waals surface area contributed by atoms with Crippen molar-refractivity contribution in [1.29, 1.82) is 0 Å². The molecule has 0 bridgehead atoms. The minimum absolute atomic E-state index is 0.118. The number of amides is 3. The fourth-order valence-corrected chi connectivity index (χ4v) is 1.64. The second-order valence-corrected chi connectivity index (χ2v) is 4.08. The van der Waals surface area contributed by atoms with Crippen LogP contribution < -0.4 is 5.32 Å². The van der Waals surface area contributed by atoms with Crippen molar-refractivity contribution in [3.63, 3.8) is 0 Å². The predicted octanol–water partition coefficient (Wildman–Crippen LogP) is 0.892. The van der Waals surface area contributed by atoms with E-state index in [2.05, 4.69) is 10.1 Å². The van der Waals surface area contributed by atoms with Crippen LogP contribution in [0, 0.1) is 0 Å². The summed E-state index contributed by atoms with van der Waals surface area (Å²) in [6, 6.07) is 9.16. The number of nitrogens with one attached hydrogen (secondary N) is 1. The normalized spacial score (nSPS) is 13.8. The third-order valence-electron chi connectivity index (χ3n) is 2.66. The number of cyclic esters (lactones) is 1. The van der Waals surface area contributed by atoms with Gasteiger partial charge in [-0.15, -0.1) is 0 Å². The van der Waals surface area contributed by atoms with Crippen LogP contribution in [0.1, 0.15) is 5.56 Å². The molecular weight excluding hydrogens is 264 g/mol. The lowest BCUT2D eigenvalue weighted by molar-refractivity contribution is -0.126. The molecule has 1 aromatic carbocycles. The fourth-order valence-electron chi connectivity index (χ4n) is 1.64. The molecule has 1 aliphatic heterocycles. The molecule has 1 heterocycles. The van der Waals surface area contributed by atoms with E-state index in [4.69, 9.17) is 4.74 Å². The number of carbonyl (C=O) groups is 3. The molecule has 0 spiro atoms. The summed E-state index contributed by atoms with van der Waals surface area (Å²) in [6.45, 7) is 0.205. The smallest absolute Gasteiger partial charge is 0.416 e. The monoisotopic (exact) mass is 278 g/mol. The minimum Gasteiger partial charge on any atom is -0.447 e. The molecule has 1 aromatic rings. The summed E-state index contributed by atoms with van der Waals surface area (Å²) in [5.41, 5.74) is 0.845. The van der Waals surface area contributed by atoms with Crippen LogP contribution in [0.15, 0.2) is 30.3 Å². The van der Waals surface area contributed by atoms with Gasteiger partial charge in [0.1, 0.15) is 19.8 Å². The highest BCUT2D eigenvalue weighted by atomic mass is 16.6. The first-order valence-corrected chi connectivity index (χ1v) is 6.08. The molecule has 0 atom stereocenters. The summed E-state index contributed by atoms with van der Waals surface area (Å²) in [7, 11) is 0. The molecule has 0 aliphatic carbocycles. The van der Waals surface area contributed by atoms with Crippen LogP contribution in [0.5, 0.6) is 0 Å². The maximum atomic E-state index is 11.6. The number of nitrogens with zero attached hydrogens (tertiary/aromatic N) is 1. The zero-order chi connectivity index (χ0) is 14.4. The first kappa shape index (κ1) is 13.9. The van der Waals surface area contributed by atoms with E-state index in [0.717, 1.165) is 10.5 Å². The Morgan fingerprint density at radius 1 is 1.30 bits per heavy atom. The Morgan fingerprint density at radius 2 is 2.05 bits per heavy atom. The molecule has 0 unspecified atom stereocenters. The van der Waals surface area contributed by atoms with E-state index >= 15 is 0 Å². The predicted molar refractivity (Wildman–Crippen MR) is 67.7 cm³/mol. The standard InChI is InChI=1S/C13H14N2O5/c16-11(15-6-7-19-13(15)18)8-14-12(17)20-9-10-4-2-1-3-5-10/h1-5H,6-9H2,(H,14,17). The van der Waals surface area contributed by atoms with Crippen LogP contribution in [-0.4, -0.2) is 42.7 Å². The first-order chi connectivity index (χ1) is 9.66. The van der Waals surface area contributed by atoms with E-state index in [1.807, 2.05) is 30.3 Å². The summed E-state index contributed by atoms with van der Waals surface area (Å²) >= 11 is 0. The summed E-state index contributed by atoms with van der Waals surface area (Å²) < 4.78 is 9.55. The van der Waals surface area contributed by atoms with Gasteiger partial charge in [-0.25, -0.2) is 14.5 Å². The highest BCUT2D eigenvalue weighted by Crippen LogP contribution is 2.03. The van der Waals surface area contributed by atoms with Gasteiger partial charge in [0.25, 0.3) is 5.91 Å². The van der Waals surface area contributed by atoms with Gasteiger partial charge in [0.15, 0.2) is 0 Å². The van der Waals surface area contributed by atoms with Crippen LogP contribution in [-0.2, 0) is 20.9 Å². The van der Waals surface area contributed by atoms with Crippen molar-refractivity contribution in [2.24, 2.45) is 0 Å². The first-order valence-electron chi connectivity index (χ1n) is 6.08. The molecule has 0 saturated carbocycles. The van der Waals surface area contributed by atoms with Gasteiger partial charge in [0, 0.05) is 0 Å². The molecule has 0 radical (unpaired) electrons.